The minimum absolute atomic E-state index is 0.0167. The number of amides is 3. The summed E-state index contributed by atoms with van der Waals surface area (Å²) in [5.74, 6) is -0.799. The van der Waals surface area contributed by atoms with Gasteiger partial charge in [-0.1, -0.05) is 37.3 Å². The fourth-order valence-electron chi connectivity index (χ4n) is 6.64. The number of nitrogens with zero attached hydrogens (tertiary/aromatic N) is 3. The van der Waals surface area contributed by atoms with Gasteiger partial charge in [0.2, 0.25) is 11.8 Å². The number of benzene rings is 2. The summed E-state index contributed by atoms with van der Waals surface area (Å²) in [6.45, 7) is 6.54. The van der Waals surface area contributed by atoms with Gasteiger partial charge in [0.05, 0.1) is 24.8 Å². The molecular formula is C29H37N3O6Si. The molecule has 0 aromatic heterocycles. The van der Waals surface area contributed by atoms with Gasteiger partial charge in [0.25, 0.3) is 5.91 Å². The van der Waals surface area contributed by atoms with Crippen LogP contribution in [0.25, 0.3) is 0 Å². The van der Waals surface area contributed by atoms with E-state index >= 15 is 0 Å². The summed E-state index contributed by atoms with van der Waals surface area (Å²) in [4.78, 5) is 56.0. The molecule has 39 heavy (non-hydrogen) atoms. The van der Waals surface area contributed by atoms with Crippen LogP contribution in [0.15, 0.2) is 48.5 Å². The van der Waals surface area contributed by atoms with Crippen LogP contribution in [-0.2, 0) is 31.3 Å². The lowest BCUT2D eigenvalue weighted by Gasteiger charge is -2.33. The highest BCUT2D eigenvalue weighted by atomic mass is 28.4. The average Bonchev–Trinajstić information content (AvgIpc) is 3.29. The molecule has 0 aliphatic carbocycles. The van der Waals surface area contributed by atoms with Crippen LogP contribution >= 0.6 is 0 Å². The van der Waals surface area contributed by atoms with Crippen molar-refractivity contribution in [2.24, 2.45) is 5.92 Å². The number of hydrogen-bond acceptors (Lipinski definition) is 6. The van der Waals surface area contributed by atoms with Crippen molar-refractivity contribution >= 4 is 37.4 Å². The molecule has 208 valence electrons. The minimum atomic E-state index is -2.93. The van der Waals surface area contributed by atoms with Crippen molar-refractivity contribution in [3.05, 3.63) is 59.7 Å². The summed E-state index contributed by atoms with van der Waals surface area (Å²) in [6.07, 6.45) is -0.205. The lowest BCUT2D eigenvalue weighted by Crippen LogP contribution is -2.45. The SMILES string of the molecule is C[C@@H]1[C@@H]([Si](C)(C)O)[C@H](CC(=O)N(CCO)Cc2ccccc2)O[C@@]12C(=O)N(C)c1ccc(N3CCC3=O)cc12. The van der Waals surface area contributed by atoms with Gasteiger partial charge in [0.1, 0.15) is 0 Å². The standard InChI is InChI=1S/C29H37N3O6Si/c1-19-27(39(3,4)37)24(17-26(35)31(14-15-33)18-20-8-6-5-7-9-20)38-29(19)22-16-21(32-13-12-25(32)34)10-11-23(22)30(2)28(29)36/h5-11,16,19,24,27,33,37H,12-15,17-18H2,1-4H3/t19-,24+,27-,29+/m1/s1. The Labute approximate surface area is 230 Å². The maximum atomic E-state index is 13.9. The van der Waals surface area contributed by atoms with Gasteiger partial charge in [0, 0.05) is 55.8 Å². The van der Waals surface area contributed by atoms with Gasteiger partial charge >= 0.3 is 0 Å². The van der Waals surface area contributed by atoms with E-state index in [1.807, 2.05) is 68.5 Å². The molecule has 3 amide bonds. The maximum Gasteiger partial charge on any atom is 0.264 e. The number of carbonyl (C=O) groups excluding carboxylic acids is 3. The molecule has 10 heteroatoms. The number of ether oxygens (including phenoxy) is 1. The Hall–Kier alpha value is -3.05. The van der Waals surface area contributed by atoms with Crippen LogP contribution in [0.5, 0.6) is 0 Å². The highest BCUT2D eigenvalue weighted by Gasteiger charge is 2.66. The number of aliphatic hydroxyl groups excluding tert-OH is 1. The van der Waals surface area contributed by atoms with E-state index in [4.69, 9.17) is 4.74 Å². The normalized spacial score (nSPS) is 26.3. The van der Waals surface area contributed by atoms with Crippen molar-refractivity contribution in [2.45, 2.75) is 56.7 Å². The Balaban J connectivity index is 1.49. The second-order valence-electron chi connectivity index (χ2n) is 11.4. The Kier molecular flexibility index (Phi) is 7.17. The lowest BCUT2D eigenvalue weighted by molar-refractivity contribution is -0.149. The number of hydrogen-bond donors (Lipinski definition) is 2. The van der Waals surface area contributed by atoms with Crippen molar-refractivity contribution in [1.82, 2.24) is 4.90 Å². The Morgan fingerprint density at radius 1 is 1.18 bits per heavy atom. The van der Waals surface area contributed by atoms with Crippen molar-refractivity contribution in [1.29, 1.82) is 0 Å². The number of aliphatic hydroxyl groups is 1. The highest BCUT2D eigenvalue weighted by molar-refractivity contribution is 6.71. The lowest BCUT2D eigenvalue weighted by atomic mass is 9.82. The van der Waals surface area contributed by atoms with Crippen molar-refractivity contribution in [3.8, 4) is 0 Å². The molecule has 4 atom stereocenters. The molecule has 2 aromatic rings. The van der Waals surface area contributed by atoms with E-state index in [0.717, 1.165) is 11.3 Å². The van der Waals surface area contributed by atoms with Crippen LogP contribution in [-0.4, -0.2) is 73.7 Å². The monoisotopic (exact) mass is 551 g/mol. The van der Waals surface area contributed by atoms with Crippen LogP contribution in [0.1, 0.15) is 30.9 Å². The van der Waals surface area contributed by atoms with E-state index in [-0.39, 0.29) is 37.3 Å². The quantitative estimate of drug-likeness (QED) is 0.386. The number of rotatable bonds is 8. The van der Waals surface area contributed by atoms with Gasteiger partial charge in [-0.15, -0.1) is 0 Å². The zero-order valence-electron chi connectivity index (χ0n) is 23.0. The summed E-state index contributed by atoms with van der Waals surface area (Å²) >= 11 is 0. The third-order valence-corrected chi connectivity index (χ3v) is 11.1. The van der Waals surface area contributed by atoms with E-state index in [1.165, 1.54) is 0 Å². The molecule has 9 nitrogen and oxygen atoms in total. The predicted molar refractivity (Wildman–Crippen MR) is 150 cm³/mol. The molecular weight excluding hydrogens is 514 g/mol. The van der Waals surface area contributed by atoms with Crippen LogP contribution in [0.4, 0.5) is 11.4 Å². The summed E-state index contributed by atoms with van der Waals surface area (Å²) in [5.41, 5.74) is 1.29. The second-order valence-corrected chi connectivity index (χ2v) is 15.4. The van der Waals surface area contributed by atoms with Crippen molar-refractivity contribution in [2.75, 3.05) is 36.5 Å². The first-order chi connectivity index (χ1) is 18.5. The largest absolute Gasteiger partial charge is 0.432 e. The van der Waals surface area contributed by atoms with E-state index in [9.17, 15) is 24.3 Å². The summed E-state index contributed by atoms with van der Waals surface area (Å²) in [5, 5.41) is 9.67. The molecule has 0 bridgehead atoms. The summed E-state index contributed by atoms with van der Waals surface area (Å²) in [7, 11) is -1.23. The predicted octanol–water partition coefficient (Wildman–Crippen LogP) is 2.61. The molecule has 2 fully saturated rings. The molecule has 3 aliphatic rings. The molecule has 0 saturated carbocycles. The van der Waals surface area contributed by atoms with Crippen molar-refractivity contribution in [3.63, 3.8) is 0 Å². The van der Waals surface area contributed by atoms with Gasteiger partial charge in [-0.2, -0.15) is 0 Å². The first-order valence-electron chi connectivity index (χ1n) is 13.5. The second kappa shape index (κ2) is 10.2. The third kappa shape index (κ3) is 4.59. The molecule has 3 heterocycles. The first-order valence-corrected chi connectivity index (χ1v) is 16.6. The Bertz CT molecular complexity index is 1280. The minimum Gasteiger partial charge on any atom is -0.432 e. The highest BCUT2D eigenvalue weighted by Crippen LogP contribution is 2.59. The first kappa shape index (κ1) is 27.5. The van der Waals surface area contributed by atoms with Gasteiger partial charge in [0.15, 0.2) is 13.9 Å². The number of β-lactam (4-membered cyclic amide) rings is 1. The van der Waals surface area contributed by atoms with Crippen LogP contribution in [0.3, 0.4) is 0 Å². The van der Waals surface area contributed by atoms with E-state index in [0.29, 0.717) is 30.8 Å². The Morgan fingerprint density at radius 2 is 1.90 bits per heavy atom. The molecule has 0 unspecified atom stereocenters. The summed E-state index contributed by atoms with van der Waals surface area (Å²) < 4.78 is 6.70. The fourth-order valence-corrected chi connectivity index (χ4v) is 9.20. The number of anilines is 2. The van der Waals surface area contributed by atoms with Gasteiger partial charge in [-0.3, -0.25) is 14.4 Å². The zero-order valence-corrected chi connectivity index (χ0v) is 24.0. The van der Waals surface area contributed by atoms with E-state index in [2.05, 4.69) is 0 Å². The van der Waals surface area contributed by atoms with E-state index < -0.39 is 31.5 Å². The smallest absolute Gasteiger partial charge is 0.264 e. The van der Waals surface area contributed by atoms with E-state index in [1.54, 1.807) is 21.7 Å². The zero-order chi connectivity index (χ0) is 28.1. The Morgan fingerprint density at radius 3 is 2.49 bits per heavy atom. The van der Waals surface area contributed by atoms with Gasteiger partial charge in [-0.25, -0.2) is 0 Å². The fraction of sp³-hybridized carbons (Fsp3) is 0.483. The maximum absolute atomic E-state index is 13.9. The van der Waals surface area contributed by atoms with Gasteiger partial charge in [-0.05, 0) is 36.9 Å². The molecule has 0 radical (unpaired) electrons. The van der Waals surface area contributed by atoms with Crippen LogP contribution in [0.2, 0.25) is 18.6 Å². The van der Waals surface area contributed by atoms with Crippen LogP contribution in [0, 0.1) is 5.92 Å². The van der Waals surface area contributed by atoms with Gasteiger partial charge < -0.3 is 29.3 Å². The number of likely N-dealkylation sites (N-methyl/N-ethyl adjacent to an activating group) is 1. The van der Waals surface area contributed by atoms with Crippen LogP contribution < -0.4 is 9.80 Å². The topological polar surface area (TPSA) is 111 Å². The molecule has 2 N–H and O–H groups in total. The number of fused-ring (bicyclic) bond motifs is 2. The molecule has 3 aliphatic heterocycles. The molecule has 2 saturated heterocycles. The van der Waals surface area contributed by atoms with Crippen molar-refractivity contribution < 1.29 is 29.0 Å². The summed E-state index contributed by atoms with van der Waals surface area (Å²) in [6, 6.07) is 15.1. The number of carbonyl (C=O) groups is 3. The molecule has 5 rings (SSSR count). The third-order valence-electron chi connectivity index (χ3n) is 8.57. The average molecular weight is 552 g/mol. The molecule has 1 spiro atoms. The molecule has 2 aromatic carbocycles.